The molecule has 12 nitrogen and oxygen atoms in total. The van der Waals surface area contributed by atoms with Crippen molar-refractivity contribution in [3.63, 3.8) is 0 Å². The number of anilines is 2. The second kappa shape index (κ2) is 29.2. The molecule has 4 bridgehead atoms. The molecule has 4 aromatic carbocycles. The number of alkyl halides is 1. The molecule has 80 heavy (non-hydrogen) atoms. The number of benzene rings is 4. The summed E-state index contributed by atoms with van der Waals surface area (Å²) in [5.41, 5.74) is 3.75. The lowest BCUT2D eigenvalue weighted by Crippen LogP contribution is -3.00. The Balaban J connectivity index is 0.000000168. The van der Waals surface area contributed by atoms with Crippen LogP contribution in [0.3, 0.4) is 0 Å². The molecule has 18 heteroatoms. The lowest BCUT2D eigenvalue weighted by molar-refractivity contribution is -0.938. The van der Waals surface area contributed by atoms with E-state index in [9.17, 15) is 24.0 Å². The molecule has 0 radical (unpaired) electrons. The lowest BCUT2D eigenvalue weighted by Gasteiger charge is -2.51. The zero-order valence-corrected chi connectivity index (χ0v) is 49.5. The number of piperidine rings is 6. The first-order valence-electron chi connectivity index (χ1n) is 26.9. The number of ketones is 2. The lowest BCUT2D eigenvalue weighted by atomic mass is 9.83. The third-order valence-corrected chi connectivity index (χ3v) is 19.0. The third kappa shape index (κ3) is 15.5. The molecule has 0 unspecified atom stereocenters. The van der Waals surface area contributed by atoms with Crippen LogP contribution in [0.25, 0.3) is 20.2 Å². The number of thiophene rings is 4. The Kier molecular flexibility index (Phi) is 21.9. The number of Topliss-reactive ketones (excluding diaryl/α,β-unsaturated/α-hetero) is 2. The largest absolute Gasteiger partial charge is 1.00 e. The highest BCUT2D eigenvalue weighted by Crippen LogP contribution is 2.39. The van der Waals surface area contributed by atoms with E-state index in [1.54, 1.807) is 35.7 Å². The molecule has 6 aliphatic heterocycles. The van der Waals surface area contributed by atoms with Gasteiger partial charge in [-0.2, -0.15) is 0 Å². The summed E-state index contributed by atoms with van der Waals surface area (Å²) >= 11 is 11.5. The van der Waals surface area contributed by atoms with Crippen molar-refractivity contribution in [2.45, 2.75) is 63.8 Å². The van der Waals surface area contributed by atoms with Crippen LogP contribution in [0, 0.1) is 11.8 Å². The summed E-state index contributed by atoms with van der Waals surface area (Å²) in [5.74, 6) is 0.525. The first-order chi connectivity index (χ1) is 38.5. The van der Waals surface area contributed by atoms with Crippen LogP contribution in [-0.2, 0) is 28.6 Å². The predicted molar refractivity (Wildman–Crippen MR) is 321 cm³/mol. The SMILES string of the molecule is CCOC(C)=O.O=C(CCl)c1cccs1.O=C(C[N+]12CCC(CC1)[C@@H](OC(=O)[C@H](Nc1ccccc1)c1csc3ccccc13)C2)c1cccs1.O=C(O[C@H]1CN2CCC1CC2)[C@H](Nc1ccccc1)c1csc2ccccc12.[Cl-]. The highest BCUT2D eigenvalue weighted by atomic mass is 35.5. The molecule has 0 saturated carbocycles. The van der Waals surface area contributed by atoms with Crippen molar-refractivity contribution in [1.29, 1.82) is 0 Å². The smallest absolute Gasteiger partial charge is 0.333 e. The van der Waals surface area contributed by atoms with Gasteiger partial charge in [-0.15, -0.1) is 56.9 Å². The molecular weight excluding hydrogens is 1130 g/mol. The zero-order chi connectivity index (χ0) is 55.1. The average Bonchev–Trinajstić information content (AvgIpc) is 4.41. The van der Waals surface area contributed by atoms with E-state index in [-0.39, 0.29) is 60.0 Å². The predicted octanol–water partition coefficient (Wildman–Crippen LogP) is 10.6. The van der Waals surface area contributed by atoms with E-state index in [2.05, 4.69) is 55.3 Å². The number of fused-ring (bicyclic) bond motifs is 8. The van der Waals surface area contributed by atoms with Crippen molar-refractivity contribution in [2.75, 3.05) is 68.9 Å². The number of nitrogens with zero attached hydrogens (tertiary/aromatic N) is 2. The van der Waals surface area contributed by atoms with Crippen LogP contribution in [-0.4, -0.2) is 109 Å². The van der Waals surface area contributed by atoms with Crippen LogP contribution in [0.4, 0.5) is 11.4 Å². The van der Waals surface area contributed by atoms with Gasteiger partial charge in [0.05, 0.1) is 35.3 Å². The quantitative estimate of drug-likeness (QED) is 0.0314. The summed E-state index contributed by atoms with van der Waals surface area (Å²) in [6.45, 7) is 9.98. The molecule has 0 amide bonds. The Morgan fingerprint density at radius 2 is 1.09 bits per heavy atom. The average molecular weight is 1190 g/mol. The number of para-hydroxylation sites is 2. The van der Waals surface area contributed by atoms with Gasteiger partial charge < -0.3 is 41.7 Å². The van der Waals surface area contributed by atoms with Crippen LogP contribution in [0.2, 0.25) is 0 Å². The number of ether oxygens (including phenoxy) is 3. The summed E-state index contributed by atoms with van der Waals surface area (Å²) in [7, 11) is 0. The summed E-state index contributed by atoms with van der Waals surface area (Å²) in [6.07, 6.45) is 4.11. The van der Waals surface area contributed by atoms with E-state index in [0.717, 1.165) is 117 Å². The Morgan fingerprint density at radius 1 is 0.613 bits per heavy atom. The number of esters is 3. The summed E-state index contributed by atoms with van der Waals surface area (Å²) in [4.78, 5) is 64.6. The Morgan fingerprint density at radius 3 is 1.52 bits per heavy atom. The Bertz CT molecular complexity index is 3250. The van der Waals surface area contributed by atoms with Crippen LogP contribution in [0.1, 0.15) is 82.1 Å². The minimum atomic E-state index is -0.597. The van der Waals surface area contributed by atoms with Crippen molar-refractivity contribution in [3.05, 3.63) is 176 Å². The zero-order valence-electron chi connectivity index (χ0n) is 44.7. The van der Waals surface area contributed by atoms with Crippen molar-refractivity contribution < 1.29 is 55.1 Å². The molecule has 14 rings (SSSR count). The van der Waals surface area contributed by atoms with E-state index in [4.69, 9.17) is 21.1 Å². The standard InChI is InChI=1S/C29H29N2O3S2.C23H24N2O2S.C6H5ClOS.C4H8O2.ClH/c32-24(27-11-6-16-35-27)17-31-14-12-20(13-15-31)25(18-31)34-29(33)28(30-21-7-2-1-3-8-21)23-19-36-26-10-5-4-9-22(23)26;26-23(27-20-14-25-12-10-16(20)11-13-25)22(24-17-6-2-1-3-7-17)19-15-28-21-9-5-4-8-18(19)21;7-4-5(8)6-2-1-3-9-6;1-3-6-4(2)5;/h1-11,16,19-20,25,28,30H,12-15,17-18H2;1-9,15-16,20,22,24H,10-14H2;1-3H,4H2;3H2,1-2H3;1H/q+1;;;;/p-1/t20?,25-,28+,31?;20-,22+;;;/m00.../s1. The first kappa shape index (κ1) is 60.2. The fourth-order valence-corrected chi connectivity index (χ4v) is 14.5. The number of rotatable bonds is 16. The molecule has 0 aliphatic carbocycles. The number of hydrogen-bond donors (Lipinski definition) is 2. The molecule has 8 aromatic rings. The van der Waals surface area contributed by atoms with Gasteiger partial charge in [-0.3, -0.25) is 19.3 Å². The molecule has 4 aromatic heterocycles. The number of hydrogen-bond acceptors (Lipinski definition) is 15. The number of carbonyl (C=O) groups excluding carboxylic acids is 5. The maximum Gasteiger partial charge on any atom is 0.333 e. The fraction of sp³-hybridized carbons (Fsp3) is 0.339. The fourth-order valence-electron chi connectivity index (χ4n) is 11.0. The van der Waals surface area contributed by atoms with Gasteiger partial charge in [0.2, 0.25) is 5.78 Å². The first-order valence-corrected chi connectivity index (χ1v) is 30.9. The van der Waals surface area contributed by atoms with Gasteiger partial charge in [0.1, 0.15) is 19.2 Å². The van der Waals surface area contributed by atoms with Crippen molar-refractivity contribution in [1.82, 2.24) is 4.90 Å². The summed E-state index contributed by atoms with van der Waals surface area (Å²) < 4.78 is 19.9. The van der Waals surface area contributed by atoms with Gasteiger partial charge in [-0.05, 0) is 120 Å². The van der Waals surface area contributed by atoms with E-state index < -0.39 is 12.1 Å². The van der Waals surface area contributed by atoms with Crippen molar-refractivity contribution >= 4 is 118 Å². The molecule has 420 valence electrons. The third-order valence-electron chi connectivity index (χ3n) is 15.0. The van der Waals surface area contributed by atoms with Crippen molar-refractivity contribution in [3.8, 4) is 0 Å². The van der Waals surface area contributed by atoms with Gasteiger partial charge in [0.15, 0.2) is 24.0 Å². The number of halogens is 2. The molecule has 0 spiro atoms. The van der Waals surface area contributed by atoms with E-state index in [0.29, 0.717) is 25.0 Å². The maximum absolute atomic E-state index is 13.8. The highest BCUT2D eigenvalue weighted by Gasteiger charge is 2.49. The Hall–Kier alpha value is -5.95. The minimum absolute atomic E-state index is 0. The minimum Gasteiger partial charge on any atom is -1.00 e. The Labute approximate surface area is 495 Å². The summed E-state index contributed by atoms with van der Waals surface area (Å²) in [5, 5.41) is 17.0. The molecule has 2 N–H and O–H groups in total. The molecular formula is C62H66Cl2N4O8S4. The van der Waals surface area contributed by atoms with Gasteiger partial charge in [-0.25, -0.2) is 9.59 Å². The maximum atomic E-state index is 13.8. The topological polar surface area (TPSA) is 140 Å². The van der Waals surface area contributed by atoms with Crippen molar-refractivity contribution in [2.24, 2.45) is 11.8 Å². The normalized spacial score (nSPS) is 21.1. The monoisotopic (exact) mass is 1190 g/mol. The van der Waals surface area contributed by atoms with Gasteiger partial charge in [0.25, 0.3) is 0 Å². The second-order valence-corrected chi connectivity index (χ2v) is 24.2. The number of quaternary nitrogens is 1. The van der Waals surface area contributed by atoms with E-state index in [1.807, 2.05) is 114 Å². The summed E-state index contributed by atoms with van der Waals surface area (Å²) in [6, 6.07) is 42.5. The van der Waals surface area contributed by atoms with E-state index >= 15 is 0 Å². The van der Waals surface area contributed by atoms with Gasteiger partial charge in [-0.1, -0.05) is 84.9 Å². The van der Waals surface area contributed by atoms with Gasteiger partial charge >= 0.3 is 17.9 Å². The van der Waals surface area contributed by atoms with Gasteiger partial charge in [0, 0.05) is 64.1 Å². The van der Waals surface area contributed by atoms with Crippen LogP contribution >= 0.6 is 56.9 Å². The van der Waals surface area contributed by atoms with Crippen LogP contribution in [0.5, 0.6) is 0 Å². The number of nitrogens with one attached hydrogen (secondary N) is 2. The highest BCUT2D eigenvalue weighted by molar-refractivity contribution is 7.17. The van der Waals surface area contributed by atoms with Crippen LogP contribution in [0.15, 0.2) is 155 Å². The molecule has 6 fully saturated rings. The van der Waals surface area contributed by atoms with E-state index in [1.165, 1.54) is 34.3 Å². The molecule has 4 atom stereocenters. The number of carbonyl (C=O) groups is 5. The molecule has 6 aliphatic rings. The molecule has 10 heterocycles. The van der Waals surface area contributed by atoms with Crippen LogP contribution < -0.4 is 23.0 Å². The molecule has 6 saturated heterocycles. The second-order valence-electron chi connectivity index (χ2n) is 20.2.